The van der Waals surface area contributed by atoms with Crippen molar-refractivity contribution in [2.45, 2.75) is 32.0 Å². The van der Waals surface area contributed by atoms with Crippen molar-refractivity contribution in [3.63, 3.8) is 0 Å². The van der Waals surface area contributed by atoms with Gasteiger partial charge in [-0.15, -0.1) is 11.3 Å². The monoisotopic (exact) mass is 288 g/mol. The van der Waals surface area contributed by atoms with Crippen LogP contribution in [0, 0.1) is 0 Å². The summed E-state index contributed by atoms with van der Waals surface area (Å²) in [5.74, 6) is 0. The van der Waals surface area contributed by atoms with E-state index in [1.165, 1.54) is 21.6 Å². The molecule has 0 spiro atoms. The number of likely N-dealkylation sites (N-methyl/N-ethyl adjacent to an activating group) is 1. The van der Waals surface area contributed by atoms with E-state index in [2.05, 4.69) is 52.3 Å². The van der Waals surface area contributed by atoms with E-state index < -0.39 is 0 Å². The number of hydrogen-bond donors (Lipinski definition) is 1. The molecule has 2 rings (SSSR count). The van der Waals surface area contributed by atoms with Gasteiger partial charge in [-0.05, 0) is 48.5 Å². The predicted molar refractivity (Wildman–Crippen MR) is 69.4 cm³/mol. The Bertz CT molecular complexity index is 316. The number of hydrogen-bond acceptors (Lipinski definition) is 3. The molecule has 1 fully saturated rings. The van der Waals surface area contributed by atoms with Gasteiger partial charge in [0.15, 0.2) is 0 Å². The molecule has 2 nitrogen and oxygen atoms in total. The van der Waals surface area contributed by atoms with Crippen LogP contribution < -0.4 is 5.32 Å². The SMILES string of the molecule is CC1CC(NCc2ccc(Br)s2)CN1C. The Morgan fingerprint density at radius 2 is 2.40 bits per heavy atom. The average Bonchev–Trinajstić information content (AvgIpc) is 2.72. The molecule has 84 valence electrons. The van der Waals surface area contributed by atoms with Gasteiger partial charge in [-0.3, -0.25) is 0 Å². The summed E-state index contributed by atoms with van der Waals surface area (Å²) >= 11 is 5.30. The fraction of sp³-hybridized carbons (Fsp3) is 0.636. The second kappa shape index (κ2) is 4.95. The second-order valence-corrected chi connectivity index (χ2v) is 6.86. The highest BCUT2D eigenvalue weighted by molar-refractivity contribution is 9.11. The molecule has 0 aromatic carbocycles. The first kappa shape index (κ1) is 11.6. The molecule has 1 aliphatic heterocycles. The van der Waals surface area contributed by atoms with Crippen LogP contribution in [0.1, 0.15) is 18.2 Å². The van der Waals surface area contributed by atoms with E-state index in [4.69, 9.17) is 0 Å². The molecular weight excluding hydrogens is 272 g/mol. The molecule has 0 radical (unpaired) electrons. The smallest absolute Gasteiger partial charge is 0.0701 e. The van der Waals surface area contributed by atoms with Crippen molar-refractivity contribution in [3.05, 3.63) is 20.8 Å². The Kier molecular flexibility index (Phi) is 3.83. The molecule has 1 aliphatic rings. The molecule has 0 aliphatic carbocycles. The van der Waals surface area contributed by atoms with Gasteiger partial charge in [0, 0.05) is 30.1 Å². The molecule has 2 atom stereocenters. The van der Waals surface area contributed by atoms with Gasteiger partial charge in [0.25, 0.3) is 0 Å². The summed E-state index contributed by atoms with van der Waals surface area (Å²) < 4.78 is 1.22. The highest BCUT2D eigenvalue weighted by Gasteiger charge is 2.25. The van der Waals surface area contributed by atoms with Crippen LogP contribution in [-0.2, 0) is 6.54 Å². The van der Waals surface area contributed by atoms with Gasteiger partial charge < -0.3 is 10.2 Å². The molecule has 0 bridgehead atoms. The first-order chi connectivity index (χ1) is 7.15. The molecule has 1 aromatic heterocycles. The molecule has 2 unspecified atom stereocenters. The minimum absolute atomic E-state index is 0.658. The Morgan fingerprint density at radius 3 is 2.93 bits per heavy atom. The maximum atomic E-state index is 3.62. The number of nitrogens with one attached hydrogen (secondary N) is 1. The van der Waals surface area contributed by atoms with Crippen LogP contribution in [0.2, 0.25) is 0 Å². The summed E-state index contributed by atoms with van der Waals surface area (Å²) in [7, 11) is 2.20. The van der Waals surface area contributed by atoms with Crippen LogP contribution >= 0.6 is 27.3 Å². The summed E-state index contributed by atoms with van der Waals surface area (Å²) in [6.07, 6.45) is 1.27. The molecule has 1 saturated heterocycles. The summed E-state index contributed by atoms with van der Waals surface area (Å²) in [6, 6.07) is 5.68. The zero-order valence-electron chi connectivity index (χ0n) is 9.16. The fourth-order valence-corrected chi connectivity index (χ4v) is 3.47. The quantitative estimate of drug-likeness (QED) is 0.920. The Labute approximate surface area is 104 Å². The van der Waals surface area contributed by atoms with E-state index in [9.17, 15) is 0 Å². The minimum Gasteiger partial charge on any atom is -0.308 e. The van der Waals surface area contributed by atoms with E-state index in [1.54, 1.807) is 0 Å². The largest absolute Gasteiger partial charge is 0.308 e. The minimum atomic E-state index is 0.658. The highest BCUT2D eigenvalue weighted by atomic mass is 79.9. The summed E-state index contributed by atoms with van der Waals surface area (Å²) in [5.41, 5.74) is 0. The van der Waals surface area contributed by atoms with Crippen molar-refractivity contribution < 1.29 is 0 Å². The molecule has 2 heterocycles. The molecule has 0 amide bonds. The van der Waals surface area contributed by atoms with Gasteiger partial charge in [-0.1, -0.05) is 0 Å². The highest BCUT2D eigenvalue weighted by Crippen LogP contribution is 2.22. The number of likely N-dealkylation sites (tertiary alicyclic amines) is 1. The lowest BCUT2D eigenvalue weighted by Gasteiger charge is -2.12. The molecule has 1 N–H and O–H groups in total. The fourth-order valence-electron chi connectivity index (χ4n) is 2.03. The lowest BCUT2D eigenvalue weighted by atomic mass is 10.2. The van der Waals surface area contributed by atoms with Gasteiger partial charge in [0.1, 0.15) is 0 Å². The van der Waals surface area contributed by atoms with E-state index in [0.717, 1.165) is 12.6 Å². The van der Waals surface area contributed by atoms with Gasteiger partial charge in [-0.25, -0.2) is 0 Å². The van der Waals surface area contributed by atoms with Crippen LogP contribution in [-0.4, -0.2) is 30.6 Å². The van der Waals surface area contributed by atoms with Crippen molar-refractivity contribution in [1.82, 2.24) is 10.2 Å². The van der Waals surface area contributed by atoms with E-state index in [1.807, 2.05) is 11.3 Å². The van der Waals surface area contributed by atoms with E-state index in [-0.39, 0.29) is 0 Å². The third-order valence-corrected chi connectivity index (χ3v) is 4.70. The molecule has 15 heavy (non-hydrogen) atoms. The van der Waals surface area contributed by atoms with Crippen LogP contribution in [0.5, 0.6) is 0 Å². The number of halogens is 1. The molecule has 1 aromatic rings. The first-order valence-corrected chi connectivity index (χ1v) is 6.94. The average molecular weight is 289 g/mol. The van der Waals surface area contributed by atoms with Gasteiger partial charge in [0.2, 0.25) is 0 Å². The zero-order valence-corrected chi connectivity index (χ0v) is 11.6. The maximum absolute atomic E-state index is 3.62. The Hall–Kier alpha value is 0.1000. The van der Waals surface area contributed by atoms with Crippen LogP contribution in [0.4, 0.5) is 0 Å². The Balaban J connectivity index is 1.79. The number of nitrogens with zero attached hydrogens (tertiary/aromatic N) is 1. The van der Waals surface area contributed by atoms with Crippen LogP contribution in [0.15, 0.2) is 15.9 Å². The third-order valence-electron chi connectivity index (χ3n) is 3.08. The van der Waals surface area contributed by atoms with E-state index >= 15 is 0 Å². The summed E-state index contributed by atoms with van der Waals surface area (Å²) in [6.45, 7) is 4.47. The Morgan fingerprint density at radius 1 is 1.60 bits per heavy atom. The van der Waals surface area contributed by atoms with Crippen molar-refractivity contribution in [3.8, 4) is 0 Å². The van der Waals surface area contributed by atoms with Crippen LogP contribution in [0.25, 0.3) is 0 Å². The van der Waals surface area contributed by atoms with E-state index in [0.29, 0.717) is 6.04 Å². The molecular formula is C11H17BrN2S. The summed E-state index contributed by atoms with van der Waals surface area (Å²) in [4.78, 5) is 3.83. The standard InChI is InChI=1S/C11H17BrN2S/c1-8-5-9(7-14(8)2)13-6-10-3-4-11(12)15-10/h3-4,8-9,13H,5-7H2,1-2H3. The topological polar surface area (TPSA) is 15.3 Å². The van der Waals surface area contributed by atoms with Crippen molar-refractivity contribution >= 4 is 27.3 Å². The van der Waals surface area contributed by atoms with Gasteiger partial charge >= 0.3 is 0 Å². The molecule has 0 saturated carbocycles. The molecule has 4 heteroatoms. The van der Waals surface area contributed by atoms with Crippen molar-refractivity contribution in [2.75, 3.05) is 13.6 Å². The summed E-state index contributed by atoms with van der Waals surface area (Å²) in [5, 5.41) is 3.62. The van der Waals surface area contributed by atoms with Gasteiger partial charge in [-0.2, -0.15) is 0 Å². The zero-order chi connectivity index (χ0) is 10.8. The van der Waals surface area contributed by atoms with Crippen LogP contribution in [0.3, 0.4) is 0 Å². The van der Waals surface area contributed by atoms with Gasteiger partial charge in [0.05, 0.1) is 3.79 Å². The van der Waals surface area contributed by atoms with Crippen molar-refractivity contribution in [1.29, 1.82) is 0 Å². The number of rotatable bonds is 3. The first-order valence-electron chi connectivity index (χ1n) is 5.33. The predicted octanol–water partition coefficient (Wildman–Crippen LogP) is 2.69. The lowest BCUT2D eigenvalue weighted by Crippen LogP contribution is -2.30. The second-order valence-electron chi connectivity index (χ2n) is 4.31. The normalized spacial score (nSPS) is 27.4. The van der Waals surface area contributed by atoms with Crippen molar-refractivity contribution in [2.24, 2.45) is 0 Å². The maximum Gasteiger partial charge on any atom is 0.0701 e. The number of thiophene rings is 1. The third kappa shape index (κ3) is 3.03. The lowest BCUT2D eigenvalue weighted by molar-refractivity contribution is 0.326.